The van der Waals surface area contributed by atoms with Gasteiger partial charge in [-0.15, -0.1) is 0 Å². The maximum Gasteiger partial charge on any atom is 0.389 e. The van der Waals surface area contributed by atoms with Gasteiger partial charge in [0.05, 0.1) is 22.2 Å². The number of halogens is 4. The Morgan fingerprint density at radius 1 is 1.28 bits per heavy atom. The number of alkyl halides is 3. The number of nitrogens with zero attached hydrogens (tertiary/aromatic N) is 4. The van der Waals surface area contributed by atoms with Crippen LogP contribution in [0.1, 0.15) is 31.5 Å². The van der Waals surface area contributed by atoms with Crippen LogP contribution in [-0.2, 0) is 16.6 Å². The SMILES string of the molecule is CC1(C)C(=O)Nc2nc(-n3nc(CCC(F)(F)F)c4cc(Cl)ccc43)nc(N)c21. The van der Waals surface area contributed by atoms with Gasteiger partial charge in [0.15, 0.2) is 0 Å². The zero-order chi connectivity index (χ0) is 21.1. The van der Waals surface area contributed by atoms with E-state index < -0.39 is 18.0 Å². The highest BCUT2D eigenvalue weighted by atomic mass is 35.5. The Labute approximate surface area is 168 Å². The molecule has 0 unspecified atom stereocenters. The van der Waals surface area contributed by atoms with E-state index in [0.717, 1.165) is 0 Å². The number of benzene rings is 1. The largest absolute Gasteiger partial charge is 0.389 e. The van der Waals surface area contributed by atoms with Crippen molar-refractivity contribution in [2.45, 2.75) is 38.3 Å². The van der Waals surface area contributed by atoms with Gasteiger partial charge in [-0.25, -0.2) is 0 Å². The summed E-state index contributed by atoms with van der Waals surface area (Å²) in [5.41, 5.74) is 6.36. The molecule has 0 radical (unpaired) electrons. The number of rotatable bonds is 3. The molecular weight excluding hydrogens is 409 g/mol. The summed E-state index contributed by atoms with van der Waals surface area (Å²) in [7, 11) is 0. The van der Waals surface area contributed by atoms with Gasteiger partial charge in [-0.1, -0.05) is 11.6 Å². The molecule has 2 aromatic heterocycles. The van der Waals surface area contributed by atoms with Crippen molar-refractivity contribution in [2.75, 3.05) is 11.1 Å². The standard InChI is InChI=1S/C18H16ClF3N6O/c1-17(2)12-13(23)24-16(26-14(12)25-15(17)29)28-11-4-3-8(19)7-9(11)10(27-28)5-6-18(20,21)22/h3-4,7H,5-6H2,1-2H3,(H3,23,24,25,26,29). The number of aryl methyl sites for hydroxylation is 1. The average Bonchev–Trinajstić information content (AvgIpc) is 3.07. The Kier molecular flexibility index (Phi) is 4.23. The first-order valence-electron chi connectivity index (χ1n) is 8.71. The summed E-state index contributed by atoms with van der Waals surface area (Å²) in [5.74, 6) is 0.137. The predicted octanol–water partition coefficient (Wildman–Crippen LogP) is 3.78. The van der Waals surface area contributed by atoms with Crippen molar-refractivity contribution < 1.29 is 18.0 Å². The van der Waals surface area contributed by atoms with Gasteiger partial charge in [-0.2, -0.15) is 32.9 Å². The summed E-state index contributed by atoms with van der Waals surface area (Å²) in [4.78, 5) is 20.8. The van der Waals surface area contributed by atoms with Crippen LogP contribution in [0.4, 0.5) is 24.8 Å². The Morgan fingerprint density at radius 3 is 2.69 bits per heavy atom. The summed E-state index contributed by atoms with van der Waals surface area (Å²) in [6.45, 7) is 3.40. The molecule has 3 heterocycles. The smallest absolute Gasteiger partial charge is 0.383 e. The van der Waals surface area contributed by atoms with Gasteiger partial charge >= 0.3 is 6.18 Å². The van der Waals surface area contributed by atoms with Crippen molar-refractivity contribution in [1.29, 1.82) is 0 Å². The van der Waals surface area contributed by atoms with Crippen molar-refractivity contribution in [1.82, 2.24) is 19.7 Å². The Morgan fingerprint density at radius 2 is 2.00 bits per heavy atom. The highest BCUT2D eigenvalue weighted by Gasteiger charge is 2.42. The molecule has 0 spiro atoms. The normalized spacial score (nSPS) is 15.6. The highest BCUT2D eigenvalue weighted by Crippen LogP contribution is 2.39. The van der Waals surface area contributed by atoms with E-state index in [2.05, 4.69) is 20.4 Å². The van der Waals surface area contributed by atoms with E-state index in [1.165, 1.54) is 4.68 Å². The summed E-state index contributed by atoms with van der Waals surface area (Å²) in [5, 5.41) is 7.79. The van der Waals surface area contributed by atoms with E-state index in [0.29, 0.717) is 21.5 Å². The molecule has 0 aliphatic carbocycles. The minimum atomic E-state index is -4.32. The zero-order valence-corrected chi connectivity index (χ0v) is 16.2. The van der Waals surface area contributed by atoms with Gasteiger partial charge in [0, 0.05) is 23.3 Å². The number of carbonyl (C=O) groups is 1. The minimum Gasteiger partial charge on any atom is -0.383 e. The molecule has 29 heavy (non-hydrogen) atoms. The lowest BCUT2D eigenvalue weighted by Crippen LogP contribution is -2.27. The molecule has 7 nitrogen and oxygen atoms in total. The molecular formula is C18H16ClF3N6O. The summed E-state index contributed by atoms with van der Waals surface area (Å²) in [6, 6.07) is 4.77. The first-order valence-corrected chi connectivity index (χ1v) is 9.09. The highest BCUT2D eigenvalue weighted by molar-refractivity contribution is 6.31. The molecule has 152 valence electrons. The average molecular weight is 425 g/mol. The topological polar surface area (TPSA) is 98.7 Å². The van der Waals surface area contributed by atoms with Crippen LogP contribution in [0.15, 0.2) is 18.2 Å². The van der Waals surface area contributed by atoms with Gasteiger partial charge < -0.3 is 11.1 Å². The number of nitrogens with one attached hydrogen (secondary N) is 1. The zero-order valence-electron chi connectivity index (χ0n) is 15.4. The number of hydrogen-bond donors (Lipinski definition) is 2. The third-order valence-corrected chi connectivity index (χ3v) is 5.14. The number of anilines is 2. The minimum absolute atomic E-state index is 0.0461. The molecule has 0 atom stereocenters. The summed E-state index contributed by atoms with van der Waals surface area (Å²) < 4.78 is 39.5. The van der Waals surface area contributed by atoms with E-state index in [4.69, 9.17) is 17.3 Å². The summed E-state index contributed by atoms with van der Waals surface area (Å²) in [6.07, 6.45) is -5.67. The number of aromatic nitrogens is 4. The van der Waals surface area contributed by atoms with Crippen LogP contribution < -0.4 is 11.1 Å². The van der Waals surface area contributed by atoms with Crippen LogP contribution in [0.3, 0.4) is 0 Å². The molecule has 0 bridgehead atoms. The number of carbonyl (C=O) groups excluding carboxylic acids is 1. The van der Waals surface area contributed by atoms with Crippen LogP contribution in [0.2, 0.25) is 5.02 Å². The Hall–Kier alpha value is -2.88. The van der Waals surface area contributed by atoms with E-state index in [-0.39, 0.29) is 35.6 Å². The van der Waals surface area contributed by atoms with Crippen LogP contribution >= 0.6 is 11.6 Å². The molecule has 0 saturated carbocycles. The van der Waals surface area contributed by atoms with Crippen LogP contribution in [0.25, 0.3) is 16.9 Å². The Balaban J connectivity index is 1.86. The number of amides is 1. The third kappa shape index (κ3) is 3.27. The van der Waals surface area contributed by atoms with Crippen molar-refractivity contribution >= 4 is 40.0 Å². The van der Waals surface area contributed by atoms with Crippen molar-refractivity contribution in [3.63, 3.8) is 0 Å². The van der Waals surface area contributed by atoms with E-state index >= 15 is 0 Å². The molecule has 1 amide bonds. The number of nitrogens with two attached hydrogens (primary N) is 1. The van der Waals surface area contributed by atoms with Gasteiger partial charge in [0.25, 0.3) is 5.95 Å². The summed E-state index contributed by atoms with van der Waals surface area (Å²) >= 11 is 6.03. The van der Waals surface area contributed by atoms with Crippen molar-refractivity contribution in [3.8, 4) is 5.95 Å². The second-order valence-corrected chi connectivity index (χ2v) is 7.78. The molecule has 1 aliphatic rings. The van der Waals surface area contributed by atoms with Gasteiger partial charge in [-0.05, 0) is 32.0 Å². The molecule has 11 heteroatoms. The maximum absolute atomic E-state index is 12.7. The monoisotopic (exact) mass is 424 g/mol. The van der Waals surface area contributed by atoms with Crippen LogP contribution in [0.5, 0.6) is 0 Å². The van der Waals surface area contributed by atoms with E-state index in [1.54, 1.807) is 32.0 Å². The van der Waals surface area contributed by atoms with Gasteiger partial charge in [0.1, 0.15) is 11.6 Å². The fourth-order valence-electron chi connectivity index (χ4n) is 3.39. The number of hydrogen-bond acceptors (Lipinski definition) is 5. The molecule has 1 aliphatic heterocycles. The third-order valence-electron chi connectivity index (χ3n) is 4.90. The second kappa shape index (κ2) is 6.31. The van der Waals surface area contributed by atoms with Crippen molar-refractivity contribution in [3.05, 3.63) is 34.5 Å². The lowest BCUT2D eigenvalue weighted by molar-refractivity contribution is -0.134. The first-order chi connectivity index (χ1) is 13.5. The van der Waals surface area contributed by atoms with E-state index in [1.807, 2.05) is 0 Å². The fourth-order valence-corrected chi connectivity index (χ4v) is 3.57. The molecule has 0 fully saturated rings. The molecule has 0 saturated heterocycles. The number of nitrogen functional groups attached to an aromatic ring is 1. The van der Waals surface area contributed by atoms with Gasteiger partial charge in [-0.3, -0.25) is 4.79 Å². The van der Waals surface area contributed by atoms with E-state index in [9.17, 15) is 18.0 Å². The fraction of sp³-hybridized carbons (Fsp3) is 0.333. The lowest BCUT2D eigenvalue weighted by atomic mass is 9.87. The first kappa shape index (κ1) is 19.4. The molecule has 4 rings (SSSR count). The molecule has 1 aromatic carbocycles. The second-order valence-electron chi connectivity index (χ2n) is 7.35. The molecule has 3 aromatic rings. The predicted molar refractivity (Wildman–Crippen MR) is 102 cm³/mol. The van der Waals surface area contributed by atoms with Crippen LogP contribution in [0, 0.1) is 0 Å². The van der Waals surface area contributed by atoms with Crippen molar-refractivity contribution in [2.24, 2.45) is 0 Å². The quantitative estimate of drug-likeness (QED) is 0.666. The maximum atomic E-state index is 12.7. The molecule has 3 N–H and O–H groups in total. The van der Waals surface area contributed by atoms with Gasteiger partial charge in [0.2, 0.25) is 5.91 Å². The Bertz CT molecular complexity index is 1150. The van der Waals surface area contributed by atoms with Crippen LogP contribution in [-0.4, -0.2) is 31.8 Å². The number of fused-ring (bicyclic) bond motifs is 2. The lowest BCUT2D eigenvalue weighted by Gasteiger charge is -2.16.